The molecule has 162 valence electrons. The number of fused-ring (bicyclic) bond motifs is 1. The molecule has 8 nitrogen and oxygen atoms in total. The van der Waals surface area contributed by atoms with Gasteiger partial charge in [0.1, 0.15) is 17.2 Å². The monoisotopic (exact) mass is 415 g/mol. The largest absolute Gasteiger partial charge is 0.496 e. The second-order valence-corrected chi connectivity index (χ2v) is 6.60. The van der Waals surface area contributed by atoms with Gasteiger partial charge >= 0.3 is 0 Å². The van der Waals surface area contributed by atoms with E-state index in [1.807, 2.05) is 30.3 Å². The van der Waals surface area contributed by atoms with Gasteiger partial charge in [-0.2, -0.15) is 0 Å². The van der Waals surface area contributed by atoms with E-state index in [4.69, 9.17) is 23.7 Å². The smallest absolute Gasteiger partial charge is 0.195 e. The van der Waals surface area contributed by atoms with Gasteiger partial charge in [0, 0.05) is 49.5 Å². The Hall–Kier alpha value is -3.29. The Morgan fingerprint density at radius 2 is 1.67 bits per heavy atom. The van der Waals surface area contributed by atoms with Gasteiger partial charge in [0.05, 0.1) is 34.5 Å². The highest BCUT2D eigenvalue weighted by molar-refractivity contribution is 5.93. The fourth-order valence-electron chi connectivity index (χ4n) is 3.19. The molecule has 0 spiro atoms. The van der Waals surface area contributed by atoms with Crippen LogP contribution in [-0.2, 0) is 6.42 Å². The number of benzene rings is 2. The molecule has 0 amide bonds. The Labute approximate surface area is 177 Å². The van der Waals surface area contributed by atoms with E-state index in [1.165, 1.54) is 0 Å². The molecule has 0 aromatic heterocycles. The van der Waals surface area contributed by atoms with Crippen LogP contribution in [0.15, 0.2) is 35.3 Å². The molecule has 3 rings (SSSR count). The Morgan fingerprint density at radius 1 is 0.967 bits per heavy atom. The molecule has 1 heterocycles. The van der Waals surface area contributed by atoms with Gasteiger partial charge in [-0.15, -0.1) is 0 Å². The summed E-state index contributed by atoms with van der Waals surface area (Å²) in [5.74, 6) is 4.28. The molecule has 1 aliphatic heterocycles. The normalized spacial score (nSPS) is 13.3. The lowest BCUT2D eigenvalue weighted by Crippen LogP contribution is -2.32. The average Bonchev–Trinajstić information content (AvgIpc) is 3.03. The summed E-state index contributed by atoms with van der Waals surface area (Å²) in [5.41, 5.74) is 1.83. The van der Waals surface area contributed by atoms with Crippen molar-refractivity contribution < 1.29 is 23.7 Å². The SMILES string of the molecule is CN=C(NCCc1c(OC)cc(OC)cc1OC)Nc1ccc2c(c1)OCCCO2. The summed E-state index contributed by atoms with van der Waals surface area (Å²) in [7, 11) is 6.61. The zero-order valence-corrected chi connectivity index (χ0v) is 17.9. The summed E-state index contributed by atoms with van der Waals surface area (Å²) >= 11 is 0. The van der Waals surface area contributed by atoms with Crippen LogP contribution >= 0.6 is 0 Å². The number of hydrogen-bond donors (Lipinski definition) is 2. The Balaban J connectivity index is 1.63. The molecule has 0 radical (unpaired) electrons. The summed E-state index contributed by atoms with van der Waals surface area (Å²) in [4.78, 5) is 4.30. The number of aliphatic imine (C=N–C) groups is 1. The third-order valence-corrected chi connectivity index (χ3v) is 4.72. The van der Waals surface area contributed by atoms with Gasteiger partial charge in [-0.3, -0.25) is 4.99 Å². The molecule has 2 aromatic rings. The van der Waals surface area contributed by atoms with Gasteiger partial charge in [0.25, 0.3) is 0 Å². The van der Waals surface area contributed by atoms with E-state index in [1.54, 1.807) is 28.4 Å². The van der Waals surface area contributed by atoms with Crippen LogP contribution in [0.5, 0.6) is 28.7 Å². The highest BCUT2D eigenvalue weighted by atomic mass is 16.5. The molecule has 2 N–H and O–H groups in total. The molecule has 30 heavy (non-hydrogen) atoms. The van der Waals surface area contributed by atoms with Gasteiger partial charge in [-0.25, -0.2) is 0 Å². The highest BCUT2D eigenvalue weighted by Crippen LogP contribution is 2.34. The Kier molecular flexibility index (Phi) is 7.48. The molecule has 2 aromatic carbocycles. The lowest BCUT2D eigenvalue weighted by Gasteiger charge is -2.17. The zero-order chi connectivity index (χ0) is 21.3. The summed E-state index contributed by atoms with van der Waals surface area (Å²) < 4.78 is 27.8. The summed E-state index contributed by atoms with van der Waals surface area (Å²) in [6, 6.07) is 9.47. The van der Waals surface area contributed by atoms with Crippen LogP contribution in [0, 0.1) is 0 Å². The van der Waals surface area contributed by atoms with Gasteiger partial charge in [0.15, 0.2) is 17.5 Å². The zero-order valence-electron chi connectivity index (χ0n) is 17.9. The van der Waals surface area contributed by atoms with Crippen molar-refractivity contribution in [3.63, 3.8) is 0 Å². The topological polar surface area (TPSA) is 82.6 Å². The molecule has 0 aliphatic carbocycles. The van der Waals surface area contributed by atoms with Crippen molar-refractivity contribution in [2.24, 2.45) is 4.99 Å². The van der Waals surface area contributed by atoms with E-state index in [9.17, 15) is 0 Å². The lowest BCUT2D eigenvalue weighted by molar-refractivity contribution is 0.297. The molecular weight excluding hydrogens is 386 g/mol. The van der Waals surface area contributed by atoms with Crippen LogP contribution < -0.4 is 34.3 Å². The number of nitrogens with one attached hydrogen (secondary N) is 2. The second kappa shape index (κ2) is 10.5. The predicted molar refractivity (Wildman–Crippen MR) is 117 cm³/mol. The lowest BCUT2D eigenvalue weighted by atomic mass is 10.1. The maximum absolute atomic E-state index is 5.75. The molecule has 0 atom stereocenters. The van der Waals surface area contributed by atoms with Crippen LogP contribution in [0.2, 0.25) is 0 Å². The van der Waals surface area contributed by atoms with Crippen LogP contribution in [0.4, 0.5) is 5.69 Å². The van der Waals surface area contributed by atoms with Gasteiger partial charge in [-0.1, -0.05) is 0 Å². The van der Waals surface area contributed by atoms with Crippen LogP contribution in [0.3, 0.4) is 0 Å². The third-order valence-electron chi connectivity index (χ3n) is 4.72. The number of methoxy groups -OCH3 is 3. The summed E-state index contributed by atoms with van der Waals surface area (Å²) in [5, 5.41) is 6.60. The fraction of sp³-hybridized carbons (Fsp3) is 0.409. The minimum Gasteiger partial charge on any atom is -0.496 e. The van der Waals surface area contributed by atoms with Gasteiger partial charge < -0.3 is 34.3 Å². The quantitative estimate of drug-likeness (QED) is 0.531. The van der Waals surface area contributed by atoms with Crippen molar-refractivity contribution in [1.82, 2.24) is 5.32 Å². The minimum atomic E-state index is 0.628. The summed E-state index contributed by atoms with van der Waals surface area (Å²) in [6.45, 7) is 1.94. The number of anilines is 1. The number of rotatable bonds is 7. The average molecular weight is 415 g/mol. The van der Waals surface area contributed by atoms with Gasteiger partial charge in [0.2, 0.25) is 0 Å². The molecule has 0 saturated heterocycles. The summed E-state index contributed by atoms with van der Waals surface area (Å²) in [6.07, 6.45) is 1.55. The number of hydrogen-bond acceptors (Lipinski definition) is 6. The molecule has 0 saturated carbocycles. The standard InChI is InChI=1S/C22H29N3O5/c1-23-22(25-15-6-7-18-21(12-15)30-11-5-10-29-18)24-9-8-17-19(27-3)13-16(26-2)14-20(17)28-4/h6-7,12-14H,5,8-11H2,1-4H3,(H2,23,24,25). The van der Waals surface area contributed by atoms with Crippen molar-refractivity contribution in [3.05, 3.63) is 35.9 Å². The first-order valence-corrected chi connectivity index (χ1v) is 9.84. The van der Waals surface area contributed by atoms with Crippen LogP contribution in [-0.4, -0.2) is 54.1 Å². The minimum absolute atomic E-state index is 0.628. The van der Waals surface area contributed by atoms with Crippen molar-refractivity contribution in [2.45, 2.75) is 12.8 Å². The maximum atomic E-state index is 5.75. The molecule has 8 heteroatoms. The van der Waals surface area contributed by atoms with Crippen LogP contribution in [0.25, 0.3) is 0 Å². The maximum Gasteiger partial charge on any atom is 0.195 e. The van der Waals surface area contributed by atoms with Crippen LogP contribution in [0.1, 0.15) is 12.0 Å². The van der Waals surface area contributed by atoms with Crippen molar-refractivity contribution in [3.8, 4) is 28.7 Å². The third kappa shape index (κ3) is 5.20. The second-order valence-electron chi connectivity index (χ2n) is 6.60. The molecule has 0 unspecified atom stereocenters. The first-order valence-electron chi connectivity index (χ1n) is 9.84. The van der Waals surface area contributed by atoms with Crippen molar-refractivity contribution in [2.75, 3.05) is 53.5 Å². The number of nitrogens with zero attached hydrogens (tertiary/aromatic N) is 1. The van der Waals surface area contributed by atoms with Gasteiger partial charge in [-0.05, 0) is 18.6 Å². The molecule has 0 fully saturated rings. The van der Waals surface area contributed by atoms with Crippen molar-refractivity contribution in [1.29, 1.82) is 0 Å². The van der Waals surface area contributed by atoms with E-state index in [2.05, 4.69) is 15.6 Å². The molecule has 0 bridgehead atoms. The first-order chi connectivity index (χ1) is 14.7. The number of ether oxygens (including phenoxy) is 5. The number of guanidine groups is 1. The van der Waals surface area contributed by atoms with Crippen molar-refractivity contribution >= 4 is 11.6 Å². The fourth-order valence-corrected chi connectivity index (χ4v) is 3.19. The Bertz CT molecular complexity index is 860. The predicted octanol–water partition coefficient (Wildman–Crippen LogP) is 3.10. The highest BCUT2D eigenvalue weighted by Gasteiger charge is 2.14. The molecule has 1 aliphatic rings. The van der Waals surface area contributed by atoms with E-state index in [-0.39, 0.29) is 0 Å². The molecular formula is C22H29N3O5. The van der Waals surface area contributed by atoms with E-state index < -0.39 is 0 Å². The van der Waals surface area contributed by atoms with E-state index in [0.29, 0.717) is 37.9 Å². The first kappa shape index (κ1) is 21.4. The van der Waals surface area contributed by atoms with E-state index >= 15 is 0 Å². The Morgan fingerprint density at radius 3 is 2.30 bits per heavy atom. The van der Waals surface area contributed by atoms with E-state index in [0.717, 1.165) is 40.7 Å².